The van der Waals surface area contributed by atoms with Crippen LogP contribution in [0, 0.1) is 0 Å². The lowest BCUT2D eigenvalue weighted by molar-refractivity contribution is 0.0860. The minimum absolute atomic E-state index is 0.119. The fraction of sp³-hybridized carbons (Fsp3) is 0. The van der Waals surface area contributed by atoms with Crippen molar-refractivity contribution in [2.45, 2.75) is 0 Å². The predicted octanol–water partition coefficient (Wildman–Crippen LogP) is 2.99. The molecule has 0 radical (unpaired) electrons. The number of halogens is 1. The first-order valence-corrected chi connectivity index (χ1v) is 6.26. The SMILES string of the molecule is O=C(NF)c1cccnc1Nc1cnc2ccccc2c1. The van der Waals surface area contributed by atoms with Crippen molar-refractivity contribution in [3.8, 4) is 0 Å². The number of pyridine rings is 2. The number of anilines is 2. The minimum atomic E-state index is -0.848. The second-order valence-corrected chi connectivity index (χ2v) is 4.36. The number of hydrogen-bond donors (Lipinski definition) is 2. The number of carbonyl (C=O) groups is 1. The van der Waals surface area contributed by atoms with Crippen LogP contribution >= 0.6 is 0 Å². The second kappa shape index (κ2) is 5.54. The molecule has 1 aromatic carbocycles. The van der Waals surface area contributed by atoms with E-state index in [1.54, 1.807) is 12.3 Å². The van der Waals surface area contributed by atoms with Gasteiger partial charge in [-0.25, -0.2) is 4.98 Å². The van der Waals surface area contributed by atoms with E-state index in [0.717, 1.165) is 16.4 Å². The summed E-state index contributed by atoms with van der Waals surface area (Å²) in [5.41, 5.74) is 2.75. The first kappa shape index (κ1) is 13.0. The van der Waals surface area contributed by atoms with Crippen molar-refractivity contribution in [3.63, 3.8) is 0 Å². The molecule has 21 heavy (non-hydrogen) atoms. The van der Waals surface area contributed by atoms with Crippen molar-refractivity contribution in [2.24, 2.45) is 0 Å². The summed E-state index contributed by atoms with van der Waals surface area (Å²) < 4.78 is 12.3. The molecule has 2 aromatic heterocycles. The number of benzene rings is 1. The van der Waals surface area contributed by atoms with Gasteiger partial charge in [-0.2, -0.15) is 5.54 Å². The maximum Gasteiger partial charge on any atom is 0.282 e. The van der Waals surface area contributed by atoms with Gasteiger partial charge in [-0.1, -0.05) is 22.7 Å². The van der Waals surface area contributed by atoms with E-state index in [0.29, 0.717) is 5.69 Å². The van der Waals surface area contributed by atoms with Gasteiger partial charge in [-0.05, 0) is 24.3 Å². The molecule has 0 unspecified atom stereocenters. The van der Waals surface area contributed by atoms with Crippen molar-refractivity contribution in [1.29, 1.82) is 0 Å². The standard InChI is InChI=1S/C15H11FN4O/c16-20-15(21)12-5-3-7-17-14(12)19-11-8-10-4-1-2-6-13(10)18-9-11/h1-9H,(H,17,19)(H,20,21). The molecule has 0 atom stereocenters. The Bertz CT molecular complexity index is 806. The van der Waals surface area contributed by atoms with Crippen LogP contribution in [0.4, 0.5) is 16.0 Å². The number of nitrogens with zero attached hydrogens (tertiary/aromatic N) is 2. The molecular weight excluding hydrogens is 271 g/mol. The van der Waals surface area contributed by atoms with Crippen molar-refractivity contribution < 1.29 is 9.28 Å². The number of aromatic nitrogens is 2. The summed E-state index contributed by atoms with van der Waals surface area (Å²) in [6, 6.07) is 12.6. The van der Waals surface area contributed by atoms with Gasteiger partial charge in [0.1, 0.15) is 5.82 Å². The zero-order valence-corrected chi connectivity index (χ0v) is 10.9. The van der Waals surface area contributed by atoms with Gasteiger partial charge in [0, 0.05) is 11.6 Å². The molecule has 2 heterocycles. The fourth-order valence-electron chi connectivity index (χ4n) is 2.02. The lowest BCUT2D eigenvalue weighted by Crippen LogP contribution is -2.16. The van der Waals surface area contributed by atoms with Crippen LogP contribution in [0.1, 0.15) is 10.4 Å². The van der Waals surface area contributed by atoms with Gasteiger partial charge in [0.05, 0.1) is 23.0 Å². The Labute approximate surface area is 119 Å². The van der Waals surface area contributed by atoms with Crippen molar-refractivity contribution in [2.75, 3.05) is 5.32 Å². The summed E-state index contributed by atoms with van der Waals surface area (Å²) >= 11 is 0. The second-order valence-electron chi connectivity index (χ2n) is 4.36. The van der Waals surface area contributed by atoms with Gasteiger partial charge in [0.15, 0.2) is 0 Å². The molecule has 5 nitrogen and oxygen atoms in total. The molecule has 0 saturated heterocycles. The van der Waals surface area contributed by atoms with Gasteiger partial charge < -0.3 is 5.32 Å². The molecule has 6 heteroatoms. The number of nitrogens with one attached hydrogen (secondary N) is 2. The Morgan fingerprint density at radius 1 is 1.10 bits per heavy atom. The average molecular weight is 282 g/mol. The molecule has 2 N–H and O–H groups in total. The monoisotopic (exact) mass is 282 g/mol. The van der Waals surface area contributed by atoms with E-state index in [-0.39, 0.29) is 11.4 Å². The molecule has 0 spiro atoms. The lowest BCUT2D eigenvalue weighted by Gasteiger charge is -2.09. The zero-order chi connectivity index (χ0) is 14.7. The molecule has 1 amide bonds. The Balaban J connectivity index is 1.97. The number of para-hydroxylation sites is 1. The van der Waals surface area contributed by atoms with E-state index >= 15 is 0 Å². The Morgan fingerprint density at radius 3 is 2.81 bits per heavy atom. The summed E-state index contributed by atoms with van der Waals surface area (Å²) in [5, 5.41) is 3.93. The highest BCUT2D eigenvalue weighted by molar-refractivity contribution is 5.98. The van der Waals surface area contributed by atoms with E-state index in [1.165, 1.54) is 12.3 Å². The number of fused-ring (bicyclic) bond motifs is 1. The van der Waals surface area contributed by atoms with Crippen LogP contribution in [-0.4, -0.2) is 15.9 Å². The quantitative estimate of drug-likeness (QED) is 0.725. The summed E-state index contributed by atoms with van der Waals surface area (Å²) in [6.07, 6.45) is 3.15. The highest BCUT2D eigenvalue weighted by Crippen LogP contribution is 2.21. The molecule has 0 saturated carbocycles. The smallest absolute Gasteiger partial charge is 0.282 e. The fourth-order valence-corrected chi connectivity index (χ4v) is 2.02. The molecule has 0 aliphatic rings. The van der Waals surface area contributed by atoms with Gasteiger partial charge in [0.25, 0.3) is 5.91 Å². The van der Waals surface area contributed by atoms with Crippen molar-refractivity contribution in [1.82, 2.24) is 15.5 Å². The van der Waals surface area contributed by atoms with E-state index in [1.807, 2.05) is 30.3 Å². The van der Waals surface area contributed by atoms with Gasteiger partial charge >= 0.3 is 0 Å². The third-order valence-corrected chi connectivity index (χ3v) is 2.99. The molecule has 0 fully saturated rings. The highest BCUT2D eigenvalue weighted by atomic mass is 19.2. The maximum atomic E-state index is 12.3. The molecule has 0 bridgehead atoms. The van der Waals surface area contributed by atoms with Gasteiger partial charge in [0.2, 0.25) is 0 Å². The van der Waals surface area contributed by atoms with Gasteiger partial charge in [-0.15, -0.1) is 0 Å². The van der Waals surface area contributed by atoms with Crippen LogP contribution in [0.5, 0.6) is 0 Å². The average Bonchev–Trinajstić information content (AvgIpc) is 2.54. The third-order valence-electron chi connectivity index (χ3n) is 2.99. The van der Waals surface area contributed by atoms with E-state index in [9.17, 15) is 9.28 Å². The Morgan fingerprint density at radius 2 is 1.95 bits per heavy atom. The molecule has 0 aliphatic heterocycles. The number of rotatable bonds is 3. The molecular formula is C15H11FN4O. The molecule has 104 valence electrons. The highest BCUT2D eigenvalue weighted by Gasteiger charge is 2.12. The van der Waals surface area contributed by atoms with Crippen LogP contribution in [0.3, 0.4) is 0 Å². The normalized spacial score (nSPS) is 10.3. The summed E-state index contributed by atoms with van der Waals surface area (Å²) in [6.45, 7) is 0. The Kier molecular flexibility index (Phi) is 3.42. The first-order chi connectivity index (χ1) is 10.3. The largest absolute Gasteiger partial charge is 0.338 e. The van der Waals surface area contributed by atoms with Crippen molar-refractivity contribution in [3.05, 3.63) is 60.4 Å². The summed E-state index contributed by atoms with van der Waals surface area (Å²) in [7, 11) is 0. The van der Waals surface area contributed by atoms with Crippen LogP contribution in [-0.2, 0) is 0 Å². The molecule has 3 aromatic rings. The van der Waals surface area contributed by atoms with E-state index < -0.39 is 5.91 Å². The number of amides is 1. The third kappa shape index (κ3) is 2.64. The lowest BCUT2D eigenvalue weighted by atomic mass is 10.2. The van der Waals surface area contributed by atoms with Crippen molar-refractivity contribution >= 4 is 28.3 Å². The van der Waals surface area contributed by atoms with Crippen LogP contribution < -0.4 is 10.9 Å². The van der Waals surface area contributed by atoms with E-state index in [2.05, 4.69) is 15.3 Å². The minimum Gasteiger partial charge on any atom is -0.338 e. The number of carbonyl (C=O) groups excluding carboxylic acids is 1. The number of hydrogen-bond acceptors (Lipinski definition) is 4. The topological polar surface area (TPSA) is 66.9 Å². The van der Waals surface area contributed by atoms with E-state index in [4.69, 9.17) is 0 Å². The molecule has 3 rings (SSSR count). The van der Waals surface area contributed by atoms with Gasteiger partial charge in [-0.3, -0.25) is 9.78 Å². The predicted molar refractivity (Wildman–Crippen MR) is 77.8 cm³/mol. The summed E-state index contributed by atoms with van der Waals surface area (Å²) in [4.78, 5) is 19.8. The van der Waals surface area contributed by atoms with Crippen LogP contribution in [0.25, 0.3) is 10.9 Å². The zero-order valence-electron chi connectivity index (χ0n) is 10.9. The van der Waals surface area contributed by atoms with Crippen LogP contribution in [0.2, 0.25) is 0 Å². The van der Waals surface area contributed by atoms with Crippen LogP contribution in [0.15, 0.2) is 54.9 Å². The maximum absolute atomic E-state index is 12.3. The first-order valence-electron chi connectivity index (χ1n) is 6.26. The summed E-state index contributed by atoms with van der Waals surface area (Å²) in [5.74, 6) is -0.580. The molecule has 0 aliphatic carbocycles. The Hall–Kier alpha value is -3.02.